The molecule has 0 saturated carbocycles. The number of ketones is 1. The minimum atomic E-state index is -2.54. The number of aliphatic hydroxyl groups is 3. The first kappa shape index (κ1) is 19.4. The van der Waals surface area contributed by atoms with Crippen LogP contribution in [0.15, 0.2) is 30.3 Å². The summed E-state index contributed by atoms with van der Waals surface area (Å²) in [5.41, 5.74) is 0.0669. The minimum Gasteiger partial charge on any atom is -0.434 e. The predicted molar refractivity (Wildman–Crippen MR) is 86.6 cm³/mol. The maximum absolute atomic E-state index is 12.8. The van der Waals surface area contributed by atoms with Crippen LogP contribution in [0.5, 0.6) is 0 Å². The predicted octanol–water partition coefficient (Wildman–Crippen LogP) is 1.04. The summed E-state index contributed by atoms with van der Waals surface area (Å²) in [7, 11) is 0. The van der Waals surface area contributed by atoms with Gasteiger partial charge in [-0.15, -0.1) is 0 Å². The molecule has 1 aromatic carbocycles. The van der Waals surface area contributed by atoms with Gasteiger partial charge in [-0.3, -0.25) is 10.2 Å². The van der Waals surface area contributed by atoms with Gasteiger partial charge in [-0.05, 0) is 0 Å². The molecule has 1 aliphatic heterocycles. The van der Waals surface area contributed by atoms with Gasteiger partial charge in [-0.2, -0.15) is 0 Å². The summed E-state index contributed by atoms with van der Waals surface area (Å²) in [4.78, 5) is 12.8. The zero-order valence-corrected chi connectivity index (χ0v) is 14.3. The molecule has 0 aliphatic carbocycles. The average Bonchev–Trinajstić information content (AvgIpc) is 2.54. The molecule has 1 aliphatic rings. The van der Waals surface area contributed by atoms with E-state index in [1.54, 1.807) is 18.2 Å². The topological polar surface area (TPSA) is 120 Å². The van der Waals surface area contributed by atoms with Crippen LogP contribution in [-0.2, 0) is 9.47 Å². The van der Waals surface area contributed by atoms with Gasteiger partial charge in [-0.1, -0.05) is 65.1 Å². The number of carbonyl (C=O) groups excluding carboxylic acids is 1. The Hall–Kier alpha value is -0.930. The summed E-state index contributed by atoms with van der Waals surface area (Å²) in [5, 5.41) is 37.5. The van der Waals surface area contributed by atoms with Crippen LogP contribution in [0.4, 0.5) is 0 Å². The quantitative estimate of drug-likeness (QED) is 0.261. The van der Waals surface area contributed by atoms with Crippen LogP contribution in [0.2, 0.25) is 0 Å². The van der Waals surface area contributed by atoms with Gasteiger partial charge in [0.2, 0.25) is 11.7 Å². The molecule has 1 heterocycles. The number of hydrogen-bond acceptors (Lipinski definition) is 7. The van der Waals surface area contributed by atoms with Crippen molar-refractivity contribution in [1.29, 1.82) is 5.41 Å². The fraction of sp³-hybridized carbons (Fsp3) is 0.429. The van der Waals surface area contributed by atoms with Gasteiger partial charge < -0.3 is 24.8 Å². The molecule has 1 fully saturated rings. The lowest BCUT2D eigenvalue weighted by Gasteiger charge is -2.43. The highest BCUT2D eigenvalue weighted by atomic mass is 35.6. The number of rotatable bonds is 3. The third-order valence-corrected chi connectivity index (χ3v) is 3.95. The van der Waals surface area contributed by atoms with E-state index in [0.29, 0.717) is 0 Å². The lowest BCUT2D eigenvalue weighted by atomic mass is 9.90. The van der Waals surface area contributed by atoms with Crippen molar-refractivity contribution < 1.29 is 29.6 Å². The molecule has 132 valence electrons. The van der Waals surface area contributed by atoms with Crippen molar-refractivity contribution in [2.24, 2.45) is 0 Å². The second kappa shape index (κ2) is 7.13. The normalized spacial score (nSPS) is 30.7. The molecule has 4 atom stereocenters. The molecule has 0 radical (unpaired) electrons. The van der Waals surface area contributed by atoms with Gasteiger partial charge in [0, 0.05) is 5.56 Å². The zero-order chi connectivity index (χ0) is 18.1. The second-order valence-corrected chi connectivity index (χ2v) is 7.39. The van der Waals surface area contributed by atoms with Crippen LogP contribution in [0.25, 0.3) is 0 Å². The van der Waals surface area contributed by atoms with Crippen molar-refractivity contribution in [1.82, 2.24) is 0 Å². The maximum atomic E-state index is 12.8. The summed E-state index contributed by atoms with van der Waals surface area (Å²) < 4.78 is 7.95. The molecule has 7 nitrogen and oxygen atoms in total. The number of ether oxygens (including phenoxy) is 2. The molecule has 1 aromatic rings. The van der Waals surface area contributed by atoms with E-state index in [0.717, 1.165) is 0 Å². The van der Waals surface area contributed by atoms with Crippen LogP contribution >= 0.6 is 34.8 Å². The van der Waals surface area contributed by atoms with Crippen molar-refractivity contribution in [2.75, 3.05) is 6.61 Å². The lowest BCUT2D eigenvalue weighted by molar-refractivity contribution is -0.286. The fourth-order valence-electron chi connectivity index (χ4n) is 2.16. The third kappa shape index (κ3) is 3.67. The van der Waals surface area contributed by atoms with Gasteiger partial charge in [0.15, 0.2) is 6.10 Å². The van der Waals surface area contributed by atoms with E-state index in [4.69, 9.17) is 49.7 Å². The molecule has 0 unspecified atom stereocenters. The van der Waals surface area contributed by atoms with Crippen molar-refractivity contribution in [3.8, 4) is 0 Å². The second-order valence-electron chi connectivity index (χ2n) is 5.11. The summed E-state index contributed by atoms with van der Waals surface area (Å²) in [6.45, 7) is -0.538. The van der Waals surface area contributed by atoms with E-state index in [2.05, 4.69) is 0 Å². The number of alkyl halides is 3. The minimum absolute atomic E-state index is 0.0669. The first-order valence-electron chi connectivity index (χ1n) is 6.72. The number of hydrogen-bond donors (Lipinski definition) is 4. The van der Waals surface area contributed by atoms with Gasteiger partial charge in [0.1, 0.15) is 12.2 Å². The Balaban J connectivity index is 2.46. The van der Waals surface area contributed by atoms with Gasteiger partial charge in [-0.25, -0.2) is 0 Å². The van der Waals surface area contributed by atoms with Gasteiger partial charge in [0.25, 0.3) is 3.79 Å². The van der Waals surface area contributed by atoms with E-state index in [1.807, 2.05) is 0 Å². The molecule has 4 N–H and O–H groups in total. The SMILES string of the molecule is N=C(O[C@@]1(C(=O)c2ccccc2)OC[C@H](O)[C@H](O)[C@H]1O)C(Cl)(Cl)Cl. The Morgan fingerprint density at radius 1 is 1.25 bits per heavy atom. The average molecular weight is 399 g/mol. The molecule has 1 saturated heterocycles. The molecule has 24 heavy (non-hydrogen) atoms. The monoisotopic (exact) mass is 397 g/mol. The lowest BCUT2D eigenvalue weighted by Crippen LogP contribution is -2.66. The Morgan fingerprint density at radius 3 is 2.38 bits per heavy atom. The Labute approximate surface area is 152 Å². The van der Waals surface area contributed by atoms with Crippen LogP contribution in [0.3, 0.4) is 0 Å². The van der Waals surface area contributed by atoms with Gasteiger partial charge >= 0.3 is 5.79 Å². The number of Topliss-reactive ketones (excluding diaryl/α,β-unsaturated/α-hetero) is 1. The van der Waals surface area contributed by atoms with Crippen LogP contribution in [0.1, 0.15) is 10.4 Å². The van der Waals surface area contributed by atoms with Crippen LogP contribution < -0.4 is 0 Å². The molecule has 2 rings (SSSR count). The highest BCUT2D eigenvalue weighted by Gasteiger charge is 2.58. The number of benzene rings is 1. The highest BCUT2D eigenvalue weighted by molar-refractivity contribution is 6.76. The van der Waals surface area contributed by atoms with Crippen molar-refractivity contribution in [2.45, 2.75) is 27.9 Å². The summed E-state index contributed by atoms with van der Waals surface area (Å²) in [6.07, 6.45) is -5.25. The summed E-state index contributed by atoms with van der Waals surface area (Å²) in [6, 6.07) is 7.60. The number of carbonyl (C=O) groups is 1. The first-order chi connectivity index (χ1) is 11.1. The zero-order valence-electron chi connectivity index (χ0n) is 12.0. The molecule has 0 aromatic heterocycles. The van der Waals surface area contributed by atoms with E-state index < -0.39 is 46.2 Å². The van der Waals surface area contributed by atoms with Gasteiger partial charge in [0.05, 0.1) is 6.61 Å². The van der Waals surface area contributed by atoms with E-state index >= 15 is 0 Å². The Bertz CT molecular complexity index is 623. The molecular weight excluding hydrogens is 385 g/mol. The number of aliphatic hydroxyl groups excluding tert-OH is 3. The molecule has 0 bridgehead atoms. The molecular formula is C14H14Cl3NO6. The first-order valence-corrected chi connectivity index (χ1v) is 7.85. The van der Waals surface area contributed by atoms with Crippen molar-refractivity contribution >= 4 is 46.5 Å². The smallest absolute Gasteiger partial charge is 0.305 e. The largest absolute Gasteiger partial charge is 0.434 e. The van der Waals surface area contributed by atoms with E-state index in [1.165, 1.54) is 12.1 Å². The summed E-state index contributed by atoms with van der Waals surface area (Å²) >= 11 is 16.6. The van der Waals surface area contributed by atoms with Crippen molar-refractivity contribution in [3.63, 3.8) is 0 Å². The third-order valence-electron chi connectivity index (χ3n) is 3.44. The highest BCUT2D eigenvalue weighted by Crippen LogP contribution is 2.36. The van der Waals surface area contributed by atoms with Crippen LogP contribution in [-0.4, -0.2) is 61.5 Å². The fourth-order valence-corrected chi connectivity index (χ4v) is 2.28. The number of halogens is 3. The molecule has 10 heteroatoms. The summed E-state index contributed by atoms with van der Waals surface area (Å²) in [5.74, 6) is -4.43. The Morgan fingerprint density at radius 2 is 1.83 bits per heavy atom. The standard InChI is InChI=1S/C14H14Cl3NO6/c15-14(16,17)12(18)24-13(10(21)7-4-2-1-3-5-7)11(22)9(20)8(19)6-23-13/h1-5,8-9,11,18-20,22H,6H2/t8-,9-,11+,13+/m0/s1. The van der Waals surface area contributed by atoms with E-state index in [9.17, 15) is 20.1 Å². The van der Waals surface area contributed by atoms with Crippen molar-refractivity contribution in [3.05, 3.63) is 35.9 Å². The molecule has 0 spiro atoms. The maximum Gasteiger partial charge on any atom is 0.305 e. The molecule has 0 amide bonds. The van der Waals surface area contributed by atoms with E-state index in [-0.39, 0.29) is 5.56 Å². The van der Waals surface area contributed by atoms with Crippen LogP contribution in [0, 0.1) is 5.41 Å². The number of nitrogens with one attached hydrogen (secondary N) is 1. The Kier molecular flexibility index (Phi) is 5.76.